The Morgan fingerprint density at radius 2 is 2.14 bits per heavy atom. The molecule has 7 nitrogen and oxygen atoms in total. The molecule has 2 N–H and O–H groups in total. The van der Waals surface area contributed by atoms with Gasteiger partial charge < -0.3 is 25.0 Å². The van der Waals surface area contributed by atoms with Crippen LogP contribution >= 0.6 is 0 Å². The Morgan fingerprint density at radius 1 is 1.29 bits per heavy atom. The van der Waals surface area contributed by atoms with Crippen molar-refractivity contribution in [3.8, 4) is 5.75 Å². The lowest BCUT2D eigenvalue weighted by Crippen LogP contribution is -2.41. The Balaban J connectivity index is 1.44. The molecule has 1 aromatic carbocycles. The third-order valence-electron chi connectivity index (χ3n) is 4.46. The molecule has 1 unspecified atom stereocenters. The number of nitrogens with one attached hydrogen (secondary N) is 2. The van der Waals surface area contributed by atoms with E-state index in [2.05, 4.69) is 38.5 Å². The van der Waals surface area contributed by atoms with E-state index in [4.69, 9.17) is 9.47 Å². The summed E-state index contributed by atoms with van der Waals surface area (Å²) in [5.74, 6) is 2.61. The van der Waals surface area contributed by atoms with Crippen LogP contribution in [-0.2, 0) is 11.3 Å². The predicted octanol–water partition coefficient (Wildman–Crippen LogP) is 2.05. The average Bonchev–Trinajstić information content (AvgIpc) is 2.74. The standard InChI is InChI=1S/C21H29N5O2/c1-17-16-26(11-13-27-17)20-14-18(8-9-23-20)15-25-21(22-2)24-10-12-28-19-6-4-3-5-7-19/h3-9,14,17H,10-13,15-16H2,1-2H3,(H2,22,24,25). The summed E-state index contributed by atoms with van der Waals surface area (Å²) in [6.45, 7) is 6.49. The van der Waals surface area contributed by atoms with Crippen molar-refractivity contribution >= 4 is 11.8 Å². The monoisotopic (exact) mass is 383 g/mol. The number of para-hydroxylation sites is 1. The molecule has 1 fully saturated rings. The number of morpholine rings is 1. The first kappa shape index (κ1) is 19.9. The van der Waals surface area contributed by atoms with Crippen LogP contribution in [-0.4, -0.2) is 56.9 Å². The van der Waals surface area contributed by atoms with Crippen molar-refractivity contribution in [3.63, 3.8) is 0 Å². The molecule has 2 aromatic rings. The highest BCUT2D eigenvalue weighted by Gasteiger charge is 2.18. The Bertz CT molecular complexity index is 753. The van der Waals surface area contributed by atoms with Gasteiger partial charge in [0.1, 0.15) is 18.2 Å². The van der Waals surface area contributed by atoms with Crippen LogP contribution in [0.1, 0.15) is 12.5 Å². The van der Waals surface area contributed by atoms with Crippen LogP contribution in [0.25, 0.3) is 0 Å². The molecule has 0 amide bonds. The number of hydrogen-bond acceptors (Lipinski definition) is 5. The summed E-state index contributed by atoms with van der Waals surface area (Å²) in [5.41, 5.74) is 1.16. The number of rotatable bonds is 7. The quantitative estimate of drug-likeness (QED) is 0.433. The molecule has 0 radical (unpaired) electrons. The van der Waals surface area contributed by atoms with Crippen molar-refractivity contribution in [2.45, 2.75) is 19.6 Å². The van der Waals surface area contributed by atoms with Gasteiger partial charge in [0.25, 0.3) is 0 Å². The summed E-state index contributed by atoms with van der Waals surface area (Å²) in [5, 5.41) is 6.60. The van der Waals surface area contributed by atoms with Crippen LogP contribution < -0.4 is 20.3 Å². The van der Waals surface area contributed by atoms with Crippen LogP contribution in [0.15, 0.2) is 53.7 Å². The summed E-state index contributed by atoms with van der Waals surface area (Å²) in [4.78, 5) is 11.1. The zero-order chi connectivity index (χ0) is 19.6. The first-order valence-corrected chi connectivity index (χ1v) is 9.68. The van der Waals surface area contributed by atoms with Gasteiger partial charge in [-0.25, -0.2) is 4.98 Å². The number of guanidine groups is 1. The first-order chi connectivity index (χ1) is 13.7. The van der Waals surface area contributed by atoms with E-state index in [1.807, 2.05) is 42.6 Å². The second-order valence-corrected chi connectivity index (χ2v) is 6.66. The van der Waals surface area contributed by atoms with Crippen LogP contribution in [0, 0.1) is 0 Å². The highest BCUT2D eigenvalue weighted by atomic mass is 16.5. The van der Waals surface area contributed by atoms with Gasteiger partial charge in [0, 0.05) is 32.9 Å². The van der Waals surface area contributed by atoms with Crippen molar-refractivity contribution in [2.24, 2.45) is 4.99 Å². The maximum absolute atomic E-state index is 5.69. The number of nitrogens with zero attached hydrogens (tertiary/aromatic N) is 3. The van der Waals surface area contributed by atoms with E-state index in [1.54, 1.807) is 7.05 Å². The van der Waals surface area contributed by atoms with Crippen molar-refractivity contribution in [1.82, 2.24) is 15.6 Å². The summed E-state index contributed by atoms with van der Waals surface area (Å²) in [6, 6.07) is 13.9. The van der Waals surface area contributed by atoms with Gasteiger partial charge >= 0.3 is 0 Å². The van der Waals surface area contributed by atoms with Gasteiger partial charge in [0.05, 0.1) is 19.3 Å². The van der Waals surface area contributed by atoms with E-state index >= 15 is 0 Å². The fourth-order valence-electron chi connectivity index (χ4n) is 3.03. The molecule has 1 aliphatic heterocycles. The maximum Gasteiger partial charge on any atom is 0.191 e. The molecule has 28 heavy (non-hydrogen) atoms. The minimum Gasteiger partial charge on any atom is -0.492 e. The molecule has 1 saturated heterocycles. The zero-order valence-electron chi connectivity index (χ0n) is 16.6. The highest BCUT2D eigenvalue weighted by Crippen LogP contribution is 2.16. The smallest absolute Gasteiger partial charge is 0.191 e. The molecule has 150 valence electrons. The average molecular weight is 383 g/mol. The molecular weight excluding hydrogens is 354 g/mol. The summed E-state index contributed by atoms with van der Waals surface area (Å²) in [6.07, 6.45) is 2.09. The molecule has 2 heterocycles. The minimum atomic E-state index is 0.235. The van der Waals surface area contributed by atoms with E-state index < -0.39 is 0 Å². The Labute approximate surface area is 166 Å². The normalized spacial score (nSPS) is 17.3. The maximum atomic E-state index is 5.69. The lowest BCUT2D eigenvalue weighted by molar-refractivity contribution is 0.0529. The number of hydrogen-bond donors (Lipinski definition) is 2. The fraction of sp³-hybridized carbons (Fsp3) is 0.429. The van der Waals surface area contributed by atoms with Gasteiger partial charge in [-0.3, -0.25) is 4.99 Å². The van der Waals surface area contributed by atoms with E-state index in [-0.39, 0.29) is 6.10 Å². The molecule has 0 saturated carbocycles. The van der Waals surface area contributed by atoms with Crippen LogP contribution in [0.2, 0.25) is 0 Å². The van der Waals surface area contributed by atoms with Crippen LogP contribution in [0.5, 0.6) is 5.75 Å². The third kappa shape index (κ3) is 6.13. The van der Waals surface area contributed by atoms with Crippen molar-refractivity contribution in [2.75, 3.05) is 44.8 Å². The van der Waals surface area contributed by atoms with Gasteiger partial charge in [-0.05, 0) is 36.8 Å². The van der Waals surface area contributed by atoms with Crippen LogP contribution in [0.3, 0.4) is 0 Å². The summed E-state index contributed by atoms with van der Waals surface area (Å²) in [7, 11) is 1.76. The van der Waals surface area contributed by atoms with Gasteiger partial charge in [0.15, 0.2) is 5.96 Å². The number of ether oxygens (including phenoxy) is 2. The molecule has 3 rings (SSSR count). The predicted molar refractivity (Wildman–Crippen MR) is 112 cm³/mol. The first-order valence-electron chi connectivity index (χ1n) is 9.68. The van der Waals surface area contributed by atoms with E-state index in [1.165, 1.54) is 0 Å². The lowest BCUT2D eigenvalue weighted by atomic mass is 10.2. The Kier molecular flexibility index (Phi) is 7.49. The van der Waals surface area contributed by atoms with Gasteiger partial charge in [-0.15, -0.1) is 0 Å². The molecule has 0 spiro atoms. The Morgan fingerprint density at radius 3 is 2.93 bits per heavy atom. The molecular formula is C21H29N5O2. The molecule has 1 aliphatic rings. The topological polar surface area (TPSA) is 71.0 Å². The number of pyridine rings is 1. The lowest BCUT2D eigenvalue weighted by Gasteiger charge is -2.32. The zero-order valence-corrected chi connectivity index (χ0v) is 16.6. The van der Waals surface area contributed by atoms with E-state index in [0.717, 1.165) is 42.8 Å². The molecule has 0 bridgehead atoms. The van der Waals surface area contributed by atoms with Gasteiger partial charge in [0.2, 0.25) is 0 Å². The number of anilines is 1. The summed E-state index contributed by atoms with van der Waals surface area (Å²) < 4.78 is 11.3. The van der Waals surface area contributed by atoms with E-state index in [9.17, 15) is 0 Å². The number of benzene rings is 1. The van der Waals surface area contributed by atoms with E-state index in [0.29, 0.717) is 19.7 Å². The minimum absolute atomic E-state index is 0.235. The summed E-state index contributed by atoms with van der Waals surface area (Å²) >= 11 is 0. The second kappa shape index (κ2) is 10.5. The molecule has 1 aromatic heterocycles. The molecule has 0 aliphatic carbocycles. The van der Waals surface area contributed by atoms with Gasteiger partial charge in [-0.2, -0.15) is 0 Å². The highest BCUT2D eigenvalue weighted by molar-refractivity contribution is 5.79. The van der Waals surface area contributed by atoms with Gasteiger partial charge in [-0.1, -0.05) is 18.2 Å². The third-order valence-corrected chi connectivity index (χ3v) is 4.46. The fourth-order valence-corrected chi connectivity index (χ4v) is 3.03. The largest absolute Gasteiger partial charge is 0.492 e. The van der Waals surface area contributed by atoms with Crippen molar-refractivity contribution < 1.29 is 9.47 Å². The number of aromatic nitrogens is 1. The van der Waals surface area contributed by atoms with Crippen molar-refractivity contribution in [3.05, 3.63) is 54.2 Å². The molecule has 1 atom stereocenters. The SMILES string of the molecule is CN=C(NCCOc1ccccc1)NCc1ccnc(N2CCOC(C)C2)c1. The van der Waals surface area contributed by atoms with Crippen molar-refractivity contribution in [1.29, 1.82) is 0 Å². The Hall–Kier alpha value is -2.80. The second-order valence-electron chi connectivity index (χ2n) is 6.66. The molecule has 7 heteroatoms. The number of aliphatic imine (C=N–C) groups is 1. The van der Waals surface area contributed by atoms with Crippen LogP contribution in [0.4, 0.5) is 5.82 Å².